The maximum atomic E-state index is 13.5. The zero-order chi connectivity index (χ0) is 21.4. The van der Waals surface area contributed by atoms with Crippen molar-refractivity contribution in [1.29, 1.82) is 10.7 Å². The van der Waals surface area contributed by atoms with Crippen LogP contribution in [-0.2, 0) is 16.3 Å². The molecule has 0 aromatic heterocycles. The van der Waals surface area contributed by atoms with E-state index in [1.807, 2.05) is 6.07 Å². The zero-order valence-corrected chi connectivity index (χ0v) is 15.5. The van der Waals surface area contributed by atoms with Crippen LogP contribution in [0.4, 0.5) is 13.2 Å². The number of alkyl halides is 3. The lowest BCUT2D eigenvalue weighted by atomic mass is 9.60. The molecule has 1 aliphatic rings. The van der Waals surface area contributed by atoms with Gasteiger partial charge >= 0.3 is 6.18 Å². The second-order valence-electron chi connectivity index (χ2n) is 6.74. The van der Waals surface area contributed by atoms with Crippen LogP contribution in [0.15, 0.2) is 40.9 Å². The molecule has 1 aromatic rings. The smallest absolute Gasteiger partial charge is 0.416 e. The van der Waals surface area contributed by atoms with E-state index in [9.17, 15) is 18.4 Å². The molecule has 1 aliphatic heterocycles. The average molecular weight is 388 g/mol. The fraction of sp³-hybridized carbons (Fsp3) is 0.300. The highest BCUT2D eigenvalue weighted by Gasteiger charge is 2.51. The number of nitrogens with one attached hydrogen (secondary N) is 1. The highest BCUT2D eigenvalue weighted by Crippen LogP contribution is 2.50. The third kappa shape index (κ3) is 3.07. The SMILES string of the molecule is C#Cc1cc(C(F)(F)F)cc(C2(C(C)C)C(C#N)=C(N)OC(=N)C2=C(C)N)c1. The minimum Gasteiger partial charge on any atom is -0.422 e. The minimum atomic E-state index is -4.66. The Hall–Kier alpha value is -3.39. The summed E-state index contributed by atoms with van der Waals surface area (Å²) in [4.78, 5) is 0. The lowest BCUT2D eigenvalue weighted by Crippen LogP contribution is -2.46. The van der Waals surface area contributed by atoms with Crippen LogP contribution in [0.2, 0.25) is 0 Å². The minimum absolute atomic E-state index is 0.0206. The van der Waals surface area contributed by atoms with Crippen LogP contribution < -0.4 is 11.5 Å². The number of benzene rings is 1. The molecule has 0 radical (unpaired) electrons. The summed E-state index contributed by atoms with van der Waals surface area (Å²) in [7, 11) is 0. The summed E-state index contributed by atoms with van der Waals surface area (Å²) in [5.74, 6) is 0.923. The molecule has 1 aromatic carbocycles. The number of nitrogens with zero attached hydrogens (tertiary/aromatic N) is 1. The summed E-state index contributed by atoms with van der Waals surface area (Å²) in [5.41, 5.74) is 9.47. The van der Waals surface area contributed by atoms with E-state index in [-0.39, 0.29) is 33.9 Å². The summed E-state index contributed by atoms with van der Waals surface area (Å²) in [6, 6.07) is 5.07. The lowest BCUT2D eigenvalue weighted by Gasteiger charge is -2.43. The van der Waals surface area contributed by atoms with E-state index in [1.54, 1.807) is 13.8 Å². The van der Waals surface area contributed by atoms with Crippen molar-refractivity contribution >= 4 is 5.90 Å². The second-order valence-corrected chi connectivity index (χ2v) is 6.74. The van der Waals surface area contributed by atoms with Gasteiger partial charge in [0.2, 0.25) is 11.8 Å². The second kappa shape index (κ2) is 6.97. The number of nitriles is 1. The van der Waals surface area contributed by atoms with Gasteiger partial charge in [0.1, 0.15) is 11.6 Å². The van der Waals surface area contributed by atoms with Crippen LogP contribution in [0.3, 0.4) is 0 Å². The third-order valence-corrected chi connectivity index (χ3v) is 4.73. The number of halogens is 3. The van der Waals surface area contributed by atoms with Gasteiger partial charge in [-0.1, -0.05) is 19.8 Å². The summed E-state index contributed by atoms with van der Waals surface area (Å²) in [5, 5.41) is 18.0. The first kappa shape index (κ1) is 20.9. The summed E-state index contributed by atoms with van der Waals surface area (Å²) in [6.45, 7) is 4.88. The van der Waals surface area contributed by atoms with Gasteiger partial charge in [-0.2, -0.15) is 18.4 Å². The van der Waals surface area contributed by atoms with E-state index >= 15 is 0 Å². The maximum absolute atomic E-state index is 13.5. The molecule has 0 aliphatic carbocycles. The van der Waals surface area contributed by atoms with Gasteiger partial charge in [0.25, 0.3) is 0 Å². The molecule has 8 heteroatoms. The Morgan fingerprint density at radius 1 is 1.32 bits per heavy atom. The fourth-order valence-corrected chi connectivity index (χ4v) is 3.65. The summed E-state index contributed by atoms with van der Waals surface area (Å²) in [6.07, 6.45) is 0.709. The molecule has 2 rings (SSSR count). The first-order chi connectivity index (χ1) is 12.9. The van der Waals surface area contributed by atoms with Crippen molar-refractivity contribution in [3.8, 4) is 18.4 Å². The number of allylic oxidation sites excluding steroid dienone is 2. The van der Waals surface area contributed by atoms with Crippen molar-refractivity contribution in [2.24, 2.45) is 17.4 Å². The van der Waals surface area contributed by atoms with Gasteiger partial charge in [0.15, 0.2) is 0 Å². The molecule has 0 fully saturated rings. The van der Waals surface area contributed by atoms with Gasteiger partial charge in [-0.05, 0) is 36.6 Å². The molecule has 1 atom stereocenters. The Bertz CT molecular complexity index is 986. The van der Waals surface area contributed by atoms with Crippen LogP contribution in [0.25, 0.3) is 0 Å². The van der Waals surface area contributed by atoms with Crippen molar-refractivity contribution in [1.82, 2.24) is 0 Å². The van der Waals surface area contributed by atoms with Crippen molar-refractivity contribution in [3.63, 3.8) is 0 Å². The van der Waals surface area contributed by atoms with Gasteiger partial charge < -0.3 is 16.2 Å². The molecule has 5 N–H and O–H groups in total. The summed E-state index contributed by atoms with van der Waals surface area (Å²) >= 11 is 0. The van der Waals surface area contributed by atoms with Crippen molar-refractivity contribution < 1.29 is 17.9 Å². The lowest BCUT2D eigenvalue weighted by molar-refractivity contribution is -0.137. The van der Waals surface area contributed by atoms with E-state index in [1.165, 1.54) is 13.0 Å². The summed E-state index contributed by atoms with van der Waals surface area (Å²) < 4.78 is 45.6. The maximum Gasteiger partial charge on any atom is 0.416 e. The molecule has 0 saturated carbocycles. The van der Waals surface area contributed by atoms with E-state index < -0.39 is 29.0 Å². The first-order valence-electron chi connectivity index (χ1n) is 8.24. The molecule has 28 heavy (non-hydrogen) atoms. The number of ether oxygens (including phenoxy) is 1. The normalized spacial score (nSPS) is 21.8. The largest absolute Gasteiger partial charge is 0.422 e. The standard InChI is InChI=1S/C20H19F3N4O/c1-5-12-6-13(8-14(7-12)20(21,22)23)19(10(2)3)15(9-24)17(26)28-18(27)16(19)11(4)25/h1,6-8,10,27H,25-26H2,2-4H3. The van der Waals surface area contributed by atoms with Crippen LogP contribution in [0.5, 0.6) is 0 Å². The molecule has 146 valence electrons. The molecule has 0 bridgehead atoms. The van der Waals surface area contributed by atoms with E-state index in [0.717, 1.165) is 12.1 Å². The third-order valence-electron chi connectivity index (χ3n) is 4.73. The first-order valence-corrected chi connectivity index (χ1v) is 8.24. The van der Waals surface area contributed by atoms with Crippen LogP contribution >= 0.6 is 0 Å². The van der Waals surface area contributed by atoms with E-state index in [4.69, 9.17) is 28.0 Å². The molecule has 0 spiro atoms. The Morgan fingerprint density at radius 3 is 2.36 bits per heavy atom. The van der Waals surface area contributed by atoms with Crippen molar-refractivity contribution in [2.75, 3.05) is 0 Å². The van der Waals surface area contributed by atoms with Crippen LogP contribution in [0, 0.1) is 35.0 Å². The van der Waals surface area contributed by atoms with Gasteiger partial charge in [-0.15, -0.1) is 6.42 Å². The molecular formula is C20H19F3N4O. The molecule has 5 nitrogen and oxygen atoms in total. The highest BCUT2D eigenvalue weighted by atomic mass is 19.4. The number of terminal acetylenes is 1. The molecule has 1 unspecified atom stereocenters. The van der Waals surface area contributed by atoms with Gasteiger partial charge in [-0.3, -0.25) is 5.41 Å². The quantitative estimate of drug-likeness (QED) is 0.674. The topological polar surface area (TPSA) is 109 Å². The Labute approximate surface area is 161 Å². The number of hydrogen-bond donors (Lipinski definition) is 3. The highest BCUT2D eigenvalue weighted by molar-refractivity contribution is 5.98. The number of nitrogens with two attached hydrogens (primary N) is 2. The molecular weight excluding hydrogens is 369 g/mol. The van der Waals surface area contributed by atoms with Crippen molar-refractivity contribution in [3.05, 3.63) is 57.6 Å². The van der Waals surface area contributed by atoms with E-state index in [2.05, 4.69) is 5.92 Å². The van der Waals surface area contributed by atoms with Crippen molar-refractivity contribution in [2.45, 2.75) is 32.4 Å². The molecule has 0 amide bonds. The van der Waals surface area contributed by atoms with E-state index in [0.29, 0.717) is 0 Å². The molecule has 0 saturated heterocycles. The predicted molar refractivity (Wildman–Crippen MR) is 98.4 cm³/mol. The predicted octanol–water partition coefficient (Wildman–Crippen LogP) is 3.51. The van der Waals surface area contributed by atoms with Gasteiger partial charge in [-0.25, -0.2) is 0 Å². The number of hydrogen-bond acceptors (Lipinski definition) is 5. The van der Waals surface area contributed by atoms with Gasteiger partial charge in [0.05, 0.1) is 11.0 Å². The zero-order valence-electron chi connectivity index (χ0n) is 15.5. The van der Waals surface area contributed by atoms with Crippen LogP contribution in [0.1, 0.15) is 37.5 Å². The number of rotatable bonds is 2. The Kier molecular flexibility index (Phi) is 5.21. The van der Waals surface area contributed by atoms with Crippen LogP contribution in [-0.4, -0.2) is 5.90 Å². The van der Waals surface area contributed by atoms with Gasteiger partial charge in [0, 0.05) is 16.8 Å². The Balaban J connectivity index is 3.11. The fourth-order valence-electron chi connectivity index (χ4n) is 3.65. The monoisotopic (exact) mass is 388 g/mol. The average Bonchev–Trinajstić information content (AvgIpc) is 2.58. The Morgan fingerprint density at radius 2 is 1.93 bits per heavy atom. The molecule has 1 heterocycles.